The summed E-state index contributed by atoms with van der Waals surface area (Å²) in [7, 11) is 3.42. The van der Waals surface area contributed by atoms with Crippen LogP contribution in [0.5, 0.6) is 11.5 Å². The Balaban J connectivity index is 1.11. The zero-order chi connectivity index (χ0) is 30.5. The number of rotatable bonds is 9. The van der Waals surface area contributed by atoms with Crippen LogP contribution in [0.15, 0.2) is 66.7 Å². The van der Waals surface area contributed by atoms with Gasteiger partial charge in [-0.3, -0.25) is 14.6 Å². The molecular weight excluding hydrogens is 548 g/mol. The van der Waals surface area contributed by atoms with Gasteiger partial charge in [-0.2, -0.15) is 0 Å². The molecule has 3 heterocycles. The summed E-state index contributed by atoms with van der Waals surface area (Å²) in [6.45, 7) is 10.6. The number of hydrogen-bond donors (Lipinski definition) is 0. The number of hydrogen-bond acceptors (Lipinski definition) is 6. The summed E-state index contributed by atoms with van der Waals surface area (Å²) in [4.78, 5) is 23.4. The number of fused-ring (bicyclic) bond motifs is 1. The number of amides is 1. The molecule has 0 spiro atoms. The second-order valence-corrected chi connectivity index (χ2v) is 12.7. The molecule has 0 saturated carbocycles. The highest BCUT2D eigenvalue weighted by Gasteiger charge is 2.36. The number of likely N-dealkylation sites (tertiary alicyclic amines) is 1. The molecule has 0 bridgehead atoms. The van der Waals surface area contributed by atoms with Crippen LogP contribution < -0.4 is 14.4 Å². The lowest BCUT2D eigenvalue weighted by atomic mass is 9.85. The van der Waals surface area contributed by atoms with Crippen LogP contribution in [0.4, 0.5) is 5.69 Å². The number of piperazine rings is 1. The molecule has 1 amide bonds. The highest BCUT2D eigenvalue weighted by Crippen LogP contribution is 2.36. The fourth-order valence-corrected chi connectivity index (χ4v) is 7.61. The van der Waals surface area contributed by atoms with Crippen molar-refractivity contribution in [2.45, 2.75) is 51.7 Å². The minimum atomic E-state index is 0.314. The summed E-state index contributed by atoms with van der Waals surface area (Å²) >= 11 is 0. The fraction of sp³-hybridized carbons (Fsp3) is 0.486. The van der Waals surface area contributed by atoms with Gasteiger partial charge in [0.15, 0.2) is 11.5 Å². The fourth-order valence-electron chi connectivity index (χ4n) is 7.61. The maximum atomic E-state index is 13.6. The van der Waals surface area contributed by atoms with Gasteiger partial charge >= 0.3 is 0 Å². The van der Waals surface area contributed by atoms with Crippen molar-refractivity contribution < 1.29 is 14.3 Å². The zero-order valence-electron chi connectivity index (χ0n) is 26.7. The molecule has 3 aliphatic rings. The van der Waals surface area contributed by atoms with Gasteiger partial charge in [0.1, 0.15) is 0 Å². The Hall–Kier alpha value is -3.55. The SMILES string of the molecule is COc1cc2c(cc1OC)CN([C@@H]1CCN(Cc3ccccc3)C[C@@H]1CCC(=O)N1CCN(c3ccccc3C)CC1)CC2. The van der Waals surface area contributed by atoms with Crippen molar-refractivity contribution in [2.75, 3.05) is 64.9 Å². The summed E-state index contributed by atoms with van der Waals surface area (Å²) in [5, 5.41) is 0. The van der Waals surface area contributed by atoms with Gasteiger partial charge in [-0.25, -0.2) is 0 Å². The molecule has 2 atom stereocenters. The van der Waals surface area contributed by atoms with E-state index < -0.39 is 0 Å². The Morgan fingerprint density at radius 3 is 2.27 bits per heavy atom. The van der Waals surface area contributed by atoms with Crippen molar-refractivity contribution in [2.24, 2.45) is 5.92 Å². The molecule has 3 aromatic rings. The summed E-state index contributed by atoms with van der Waals surface area (Å²) in [6.07, 6.45) is 3.70. The molecule has 0 aliphatic carbocycles. The first-order chi connectivity index (χ1) is 21.5. The number of para-hydroxylation sites is 1. The van der Waals surface area contributed by atoms with E-state index in [0.717, 1.165) is 89.7 Å². The number of ether oxygens (including phenoxy) is 2. The average Bonchev–Trinajstić information content (AvgIpc) is 3.07. The van der Waals surface area contributed by atoms with E-state index in [2.05, 4.69) is 93.3 Å². The Kier molecular flexibility index (Phi) is 9.72. The molecule has 6 rings (SSSR count). The van der Waals surface area contributed by atoms with Crippen molar-refractivity contribution >= 4 is 11.6 Å². The summed E-state index contributed by atoms with van der Waals surface area (Å²) in [5.41, 5.74) is 6.65. The molecule has 2 saturated heterocycles. The second kappa shape index (κ2) is 14.0. The van der Waals surface area contributed by atoms with Crippen LogP contribution in [0.1, 0.15) is 41.5 Å². The molecule has 7 heteroatoms. The number of carbonyl (C=O) groups is 1. The maximum absolute atomic E-state index is 13.6. The van der Waals surface area contributed by atoms with E-state index in [4.69, 9.17) is 9.47 Å². The van der Waals surface area contributed by atoms with E-state index in [-0.39, 0.29) is 0 Å². The molecule has 0 aromatic heterocycles. The normalized spacial score (nSPS) is 21.2. The Labute approximate surface area is 263 Å². The third kappa shape index (κ3) is 6.89. The minimum Gasteiger partial charge on any atom is -0.493 e. The zero-order valence-corrected chi connectivity index (χ0v) is 26.7. The monoisotopic (exact) mass is 596 g/mol. The van der Waals surface area contributed by atoms with Crippen LogP contribution in [0.2, 0.25) is 0 Å². The van der Waals surface area contributed by atoms with Gasteiger partial charge in [0, 0.05) is 70.5 Å². The van der Waals surface area contributed by atoms with E-state index in [1.807, 2.05) is 0 Å². The predicted molar refractivity (Wildman–Crippen MR) is 176 cm³/mol. The Bertz CT molecular complexity index is 1410. The van der Waals surface area contributed by atoms with Gasteiger partial charge in [0.05, 0.1) is 14.2 Å². The van der Waals surface area contributed by atoms with E-state index >= 15 is 0 Å². The van der Waals surface area contributed by atoms with Gasteiger partial charge < -0.3 is 19.3 Å². The molecule has 3 aromatic carbocycles. The van der Waals surface area contributed by atoms with Gasteiger partial charge in [0.2, 0.25) is 5.91 Å². The highest BCUT2D eigenvalue weighted by molar-refractivity contribution is 5.76. The van der Waals surface area contributed by atoms with E-state index in [1.165, 1.54) is 27.9 Å². The third-order valence-electron chi connectivity index (χ3n) is 10.1. The molecule has 7 nitrogen and oxygen atoms in total. The predicted octanol–water partition coefficient (Wildman–Crippen LogP) is 5.39. The number of aryl methyl sites for hydroxylation is 1. The van der Waals surface area contributed by atoms with Crippen LogP contribution in [-0.2, 0) is 24.3 Å². The first-order valence-electron chi connectivity index (χ1n) is 16.3. The van der Waals surface area contributed by atoms with Crippen molar-refractivity contribution in [3.8, 4) is 11.5 Å². The number of nitrogens with zero attached hydrogens (tertiary/aromatic N) is 4. The Morgan fingerprint density at radius 1 is 0.841 bits per heavy atom. The molecule has 234 valence electrons. The summed E-state index contributed by atoms with van der Waals surface area (Å²) in [5.74, 6) is 2.38. The first kappa shape index (κ1) is 30.5. The number of benzene rings is 3. The van der Waals surface area contributed by atoms with E-state index in [9.17, 15) is 4.79 Å². The molecule has 0 unspecified atom stereocenters. The summed E-state index contributed by atoms with van der Waals surface area (Å²) in [6, 6.07) is 24.2. The van der Waals surface area contributed by atoms with Crippen LogP contribution in [0.3, 0.4) is 0 Å². The van der Waals surface area contributed by atoms with Gasteiger partial charge in [-0.1, -0.05) is 48.5 Å². The van der Waals surface area contributed by atoms with Crippen LogP contribution in [0, 0.1) is 12.8 Å². The highest BCUT2D eigenvalue weighted by atomic mass is 16.5. The van der Waals surface area contributed by atoms with Crippen LogP contribution in [0.25, 0.3) is 0 Å². The number of methoxy groups -OCH3 is 2. The van der Waals surface area contributed by atoms with Crippen molar-refractivity contribution in [1.29, 1.82) is 0 Å². The minimum absolute atomic E-state index is 0.314. The third-order valence-corrected chi connectivity index (χ3v) is 10.1. The Morgan fingerprint density at radius 2 is 1.55 bits per heavy atom. The molecule has 0 N–H and O–H groups in total. The molecule has 44 heavy (non-hydrogen) atoms. The smallest absolute Gasteiger partial charge is 0.222 e. The van der Waals surface area contributed by atoms with E-state index in [0.29, 0.717) is 24.3 Å². The topological polar surface area (TPSA) is 48.5 Å². The molecule has 0 radical (unpaired) electrons. The largest absolute Gasteiger partial charge is 0.493 e. The number of piperidine rings is 1. The average molecular weight is 597 g/mol. The van der Waals surface area contributed by atoms with Gasteiger partial charge in [-0.15, -0.1) is 0 Å². The lowest BCUT2D eigenvalue weighted by Gasteiger charge is -2.46. The van der Waals surface area contributed by atoms with Gasteiger partial charge in [-0.05, 0) is 79.1 Å². The van der Waals surface area contributed by atoms with Crippen molar-refractivity contribution in [1.82, 2.24) is 14.7 Å². The van der Waals surface area contributed by atoms with Crippen LogP contribution >= 0.6 is 0 Å². The number of carbonyl (C=O) groups excluding carboxylic acids is 1. The lowest BCUT2D eigenvalue weighted by Crippen LogP contribution is -2.52. The maximum Gasteiger partial charge on any atom is 0.222 e. The number of anilines is 1. The first-order valence-corrected chi connectivity index (χ1v) is 16.3. The summed E-state index contributed by atoms with van der Waals surface area (Å²) < 4.78 is 11.2. The second-order valence-electron chi connectivity index (χ2n) is 12.7. The molecular formula is C37H48N4O3. The van der Waals surface area contributed by atoms with E-state index in [1.54, 1.807) is 14.2 Å². The van der Waals surface area contributed by atoms with Gasteiger partial charge in [0.25, 0.3) is 0 Å². The van der Waals surface area contributed by atoms with Crippen molar-refractivity contribution in [3.05, 3.63) is 89.0 Å². The molecule has 3 aliphatic heterocycles. The molecule has 2 fully saturated rings. The lowest BCUT2D eigenvalue weighted by molar-refractivity contribution is -0.132. The van der Waals surface area contributed by atoms with Crippen LogP contribution in [-0.4, -0.2) is 86.7 Å². The van der Waals surface area contributed by atoms with Crippen molar-refractivity contribution in [3.63, 3.8) is 0 Å². The quantitative estimate of drug-likeness (QED) is 0.330. The standard InChI is InChI=1S/C37H48N4O3/c1-28-9-7-8-12-33(28)39-19-21-40(22-20-39)37(42)14-13-31-26-38(25-29-10-5-4-6-11-29)17-16-34(31)41-18-15-30-23-35(43-2)36(44-3)24-32(30)27-41/h4-12,23-24,31,34H,13-22,25-27H2,1-3H3/t31-,34+/m0/s1.